The van der Waals surface area contributed by atoms with Crippen molar-refractivity contribution in [2.75, 3.05) is 13.1 Å². The van der Waals surface area contributed by atoms with Gasteiger partial charge in [0.1, 0.15) is 6.04 Å². The molecule has 6 heteroatoms. The summed E-state index contributed by atoms with van der Waals surface area (Å²) in [5, 5.41) is 7.90. The molecule has 0 spiro atoms. The lowest BCUT2D eigenvalue weighted by atomic mass is 9.86. The molecule has 6 nitrogen and oxygen atoms in total. The number of benzene rings is 1. The van der Waals surface area contributed by atoms with Crippen molar-refractivity contribution in [3.63, 3.8) is 0 Å². The summed E-state index contributed by atoms with van der Waals surface area (Å²) >= 11 is 0. The topological polar surface area (TPSA) is 87.3 Å². The number of amides is 3. The molecule has 0 aliphatic rings. The maximum absolute atomic E-state index is 12.2. The molecule has 0 saturated carbocycles. The van der Waals surface area contributed by atoms with Crippen LogP contribution in [-0.2, 0) is 15.0 Å². The van der Waals surface area contributed by atoms with E-state index in [1.54, 1.807) is 19.1 Å². The first-order chi connectivity index (χ1) is 11.1. The standard InChI is InChI=1S/C18H27N3O3/c1-12(16(23)20-11-10-19-13(2)22)21-17(24)14-6-8-15(9-7-14)18(3,4)5/h6-9,12H,10-11H2,1-5H3,(H,19,22)(H,20,23)(H,21,24). The van der Waals surface area contributed by atoms with Crippen LogP contribution in [0.1, 0.15) is 50.5 Å². The third-order valence-corrected chi connectivity index (χ3v) is 3.55. The van der Waals surface area contributed by atoms with Gasteiger partial charge in [-0.15, -0.1) is 0 Å². The fraction of sp³-hybridized carbons (Fsp3) is 0.500. The molecule has 132 valence electrons. The number of hydrogen-bond donors (Lipinski definition) is 3. The zero-order valence-electron chi connectivity index (χ0n) is 15.0. The molecule has 1 rings (SSSR count). The highest BCUT2D eigenvalue weighted by Gasteiger charge is 2.17. The first-order valence-corrected chi connectivity index (χ1v) is 8.05. The van der Waals surface area contributed by atoms with Crippen molar-refractivity contribution in [3.05, 3.63) is 35.4 Å². The maximum Gasteiger partial charge on any atom is 0.251 e. The molecule has 1 unspecified atom stereocenters. The van der Waals surface area contributed by atoms with Crippen LogP contribution >= 0.6 is 0 Å². The Labute approximate surface area is 143 Å². The molecule has 0 heterocycles. The normalized spacial score (nSPS) is 12.2. The highest BCUT2D eigenvalue weighted by atomic mass is 16.2. The average molecular weight is 333 g/mol. The fourth-order valence-corrected chi connectivity index (χ4v) is 2.04. The highest BCUT2D eigenvalue weighted by Crippen LogP contribution is 2.22. The molecule has 0 aliphatic heterocycles. The van der Waals surface area contributed by atoms with Gasteiger partial charge in [0, 0.05) is 25.6 Å². The Morgan fingerprint density at radius 1 is 1.00 bits per heavy atom. The van der Waals surface area contributed by atoms with E-state index in [0.29, 0.717) is 18.7 Å². The fourth-order valence-electron chi connectivity index (χ4n) is 2.04. The van der Waals surface area contributed by atoms with E-state index in [4.69, 9.17) is 0 Å². The smallest absolute Gasteiger partial charge is 0.251 e. The first kappa shape index (κ1) is 19.7. The van der Waals surface area contributed by atoms with Gasteiger partial charge in [-0.25, -0.2) is 0 Å². The maximum atomic E-state index is 12.2. The van der Waals surface area contributed by atoms with Gasteiger partial charge in [0.2, 0.25) is 11.8 Å². The second kappa shape index (κ2) is 8.47. The quantitative estimate of drug-likeness (QED) is 0.687. The number of hydrogen-bond acceptors (Lipinski definition) is 3. The molecular formula is C18H27N3O3. The highest BCUT2D eigenvalue weighted by molar-refractivity contribution is 5.97. The van der Waals surface area contributed by atoms with Crippen LogP contribution in [0.15, 0.2) is 24.3 Å². The third kappa shape index (κ3) is 6.40. The van der Waals surface area contributed by atoms with Gasteiger partial charge >= 0.3 is 0 Å². The zero-order valence-corrected chi connectivity index (χ0v) is 15.0. The van der Waals surface area contributed by atoms with Crippen LogP contribution in [0, 0.1) is 0 Å². The summed E-state index contributed by atoms with van der Waals surface area (Å²) in [6.45, 7) is 10.0. The van der Waals surface area contributed by atoms with E-state index in [1.165, 1.54) is 6.92 Å². The van der Waals surface area contributed by atoms with Crippen LogP contribution in [-0.4, -0.2) is 36.9 Å². The zero-order chi connectivity index (χ0) is 18.3. The molecule has 0 bridgehead atoms. The minimum absolute atomic E-state index is 0.0239. The van der Waals surface area contributed by atoms with Crippen LogP contribution in [0.25, 0.3) is 0 Å². The van der Waals surface area contributed by atoms with E-state index >= 15 is 0 Å². The van der Waals surface area contributed by atoms with Crippen LogP contribution in [0.2, 0.25) is 0 Å². The second-order valence-electron chi connectivity index (χ2n) is 6.80. The molecule has 3 amide bonds. The lowest BCUT2D eigenvalue weighted by Gasteiger charge is -2.19. The minimum atomic E-state index is -0.655. The number of nitrogens with one attached hydrogen (secondary N) is 3. The third-order valence-electron chi connectivity index (χ3n) is 3.55. The molecular weight excluding hydrogens is 306 g/mol. The van der Waals surface area contributed by atoms with Crippen LogP contribution in [0.4, 0.5) is 0 Å². The number of rotatable bonds is 6. The SMILES string of the molecule is CC(=O)NCCNC(=O)C(C)NC(=O)c1ccc(C(C)(C)C)cc1. The van der Waals surface area contributed by atoms with E-state index < -0.39 is 6.04 Å². The summed E-state index contributed by atoms with van der Waals surface area (Å²) in [6.07, 6.45) is 0. The molecule has 1 aromatic rings. The Morgan fingerprint density at radius 2 is 1.54 bits per heavy atom. The predicted molar refractivity (Wildman–Crippen MR) is 93.8 cm³/mol. The van der Waals surface area contributed by atoms with Gasteiger partial charge in [0.15, 0.2) is 0 Å². The van der Waals surface area contributed by atoms with Crippen LogP contribution in [0.3, 0.4) is 0 Å². The average Bonchev–Trinajstić information content (AvgIpc) is 2.50. The van der Waals surface area contributed by atoms with E-state index in [0.717, 1.165) is 5.56 Å². The lowest BCUT2D eigenvalue weighted by Crippen LogP contribution is -2.46. The Bertz CT molecular complexity index is 589. The van der Waals surface area contributed by atoms with Crippen molar-refractivity contribution in [3.8, 4) is 0 Å². The van der Waals surface area contributed by atoms with Crippen molar-refractivity contribution in [1.29, 1.82) is 0 Å². The summed E-state index contributed by atoms with van der Waals surface area (Å²) in [6, 6.07) is 6.71. The largest absolute Gasteiger partial charge is 0.355 e. The van der Waals surface area contributed by atoms with Crippen LogP contribution in [0.5, 0.6) is 0 Å². The molecule has 1 atom stereocenters. The Balaban J connectivity index is 2.51. The molecule has 1 aromatic carbocycles. The monoisotopic (exact) mass is 333 g/mol. The van der Waals surface area contributed by atoms with Crippen molar-refractivity contribution in [2.24, 2.45) is 0 Å². The molecule has 0 fully saturated rings. The van der Waals surface area contributed by atoms with Crippen molar-refractivity contribution in [1.82, 2.24) is 16.0 Å². The summed E-state index contributed by atoms with van der Waals surface area (Å²) < 4.78 is 0. The Kier molecular flexibility index (Phi) is 6.95. The van der Waals surface area contributed by atoms with Crippen molar-refractivity contribution >= 4 is 17.7 Å². The van der Waals surface area contributed by atoms with Gasteiger partial charge in [-0.3, -0.25) is 14.4 Å². The molecule has 3 N–H and O–H groups in total. The summed E-state index contributed by atoms with van der Waals surface area (Å²) in [5.74, 6) is -0.732. The molecule has 0 saturated heterocycles. The number of carbonyl (C=O) groups excluding carboxylic acids is 3. The van der Waals surface area contributed by atoms with E-state index in [9.17, 15) is 14.4 Å². The van der Waals surface area contributed by atoms with E-state index in [1.807, 2.05) is 12.1 Å². The minimum Gasteiger partial charge on any atom is -0.355 e. The predicted octanol–water partition coefficient (Wildman–Crippen LogP) is 1.35. The van der Waals surface area contributed by atoms with Crippen molar-refractivity contribution in [2.45, 2.75) is 46.1 Å². The van der Waals surface area contributed by atoms with Gasteiger partial charge < -0.3 is 16.0 Å². The van der Waals surface area contributed by atoms with Gasteiger partial charge in [-0.05, 0) is 30.0 Å². The molecule has 0 radical (unpaired) electrons. The summed E-state index contributed by atoms with van der Waals surface area (Å²) in [4.78, 5) is 34.8. The molecule has 0 aromatic heterocycles. The van der Waals surface area contributed by atoms with E-state index in [2.05, 4.69) is 36.7 Å². The van der Waals surface area contributed by atoms with E-state index in [-0.39, 0.29) is 23.1 Å². The number of carbonyl (C=O) groups is 3. The lowest BCUT2D eigenvalue weighted by molar-refractivity contribution is -0.123. The molecule has 24 heavy (non-hydrogen) atoms. The molecule has 0 aliphatic carbocycles. The van der Waals surface area contributed by atoms with Crippen molar-refractivity contribution < 1.29 is 14.4 Å². The summed E-state index contributed by atoms with van der Waals surface area (Å²) in [7, 11) is 0. The van der Waals surface area contributed by atoms with Gasteiger partial charge in [-0.1, -0.05) is 32.9 Å². The van der Waals surface area contributed by atoms with Gasteiger partial charge in [0.05, 0.1) is 0 Å². The first-order valence-electron chi connectivity index (χ1n) is 8.05. The Hall–Kier alpha value is -2.37. The van der Waals surface area contributed by atoms with Gasteiger partial charge in [-0.2, -0.15) is 0 Å². The second-order valence-corrected chi connectivity index (χ2v) is 6.80. The van der Waals surface area contributed by atoms with Gasteiger partial charge in [0.25, 0.3) is 5.91 Å². The Morgan fingerprint density at radius 3 is 2.04 bits per heavy atom. The van der Waals surface area contributed by atoms with Crippen LogP contribution < -0.4 is 16.0 Å². The summed E-state index contributed by atoms with van der Waals surface area (Å²) in [5.41, 5.74) is 1.68.